The predicted molar refractivity (Wildman–Crippen MR) is 127 cm³/mol. The van der Waals surface area contributed by atoms with Gasteiger partial charge < -0.3 is 20.1 Å². The molecule has 2 saturated heterocycles. The van der Waals surface area contributed by atoms with E-state index in [4.69, 9.17) is 25.3 Å². The molecule has 184 valence electrons. The van der Waals surface area contributed by atoms with Gasteiger partial charge in [0.15, 0.2) is 5.65 Å². The molecule has 2 aliphatic heterocycles. The van der Waals surface area contributed by atoms with E-state index in [1.165, 1.54) is 5.56 Å². The minimum atomic E-state index is 0.0131. The van der Waals surface area contributed by atoms with Gasteiger partial charge >= 0.3 is 0 Å². The highest BCUT2D eigenvalue weighted by Gasteiger charge is 2.40. The summed E-state index contributed by atoms with van der Waals surface area (Å²) in [5.41, 5.74) is 10.3. The number of hydrogen-bond donors (Lipinski definition) is 1. The van der Waals surface area contributed by atoms with Gasteiger partial charge in [0, 0.05) is 36.7 Å². The summed E-state index contributed by atoms with van der Waals surface area (Å²) in [5.74, 6) is 0.713. The number of nitrogens with two attached hydrogens (primary N) is 1. The number of nitrogens with zero attached hydrogens (tertiary/aromatic N) is 4. The highest BCUT2D eigenvalue weighted by molar-refractivity contribution is 5.79. The van der Waals surface area contributed by atoms with Crippen LogP contribution in [0.5, 0.6) is 0 Å². The predicted octanol–water partition coefficient (Wildman–Crippen LogP) is 3.27. The molecule has 4 unspecified atom stereocenters. The molecule has 2 aromatic rings. The van der Waals surface area contributed by atoms with Crippen LogP contribution in [0.1, 0.15) is 86.7 Å². The van der Waals surface area contributed by atoms with Gasteiger partial charge in [-0.3, -0.25) is 4.79 Å². The van der Waals surface area contributed by atoms with Crippen LogP contribution in [0.15, 0.2) is 12.3 Å². The van der Waals surface area contributed by atoms with Gasteiger partial charge in [0.05, 0.1) is 42.9 Å². The van der Waals surface area contributed by atoms with Crippen molar-refractivity contribution >= 4 is 11.6 Å². The SMILES string of the molecule is Cc1cn2nc([C@@H]3CCCCN3C(=O)C3CCC4OCCOC4C3)cc2nc1C1CC[C@H](N)C1. The topological polar surface area (TPSA) is 95.0 Å². The average Bonchev–Trinajstić information content (AvgIpc) is 3.48. The van der Waals surface area contributed by atoms with Gasteiger partial charge in [-0.25, -0.2) is 9.50 Å². The highest BCUT2D eigenvalue weighted by Crippen LogP contribution is 2.38. The maximum atomic E-state index is 13.7. The van der Waals surface area contributed by atoms with Crippen LogP contribution in [0.25, 0.3) is 5.65 Å². The second-order valence-corrected chi connectivity index (χ2v) is 10.8. The molecule has 8 heteroatoms. The van der Waals surface area contributed by atoms with Crippen molar-refractivity contribution in [3.05, 3.63) is 29.2 Å². The maximum absolute atomic E-state index is 13.7. The van der Waals surface area contributed by atoms with Gasteiger partial charge in [0.2, 0.25) is 5.91 Å². The first-order valence-corrected chi connectivity index (χ1v) is 13.2. The molecule has 6 atom stereocenters. The van der Waals surface area contributed by atoms with Crippen molar-refractivity contribution in [2.75, 3.05) is 19.8 Å². The van der Waals surface area contributed by atoms with Crippen LogP contribution in [-0.2, 0) is 14.3 Å². The van der Waals surface area contributed by atoms with E-state index in [9.17, 15) is 4.79 Å². The Labute approximate surface area is 201 Å². The Morgan fingerprint density at radius 1 is 1.06 bits per heavy atom. The second-order valence-electron chi connectivity index (χ2n) is 10.8. The van der Waals surface area contributed by atoms with Gasteiger partial charge in [-0.05, 0) is 70.3 Å². The van der Waals surface area contributed by atoms with Crippen LogP contribution in [0.3, 0.4) is 0 Å². The molecule has 4 aliphatic rings. The summed E-state index contributed by atoms with van der Waals surface area (Å²) in [6.45, 7) is 4.23. The molecular formula is C26H37N5O3. The quantitative estimate of drug-likeness (QED) is 0.745. The van der Waals surface area contributed by atoms with E-state index >= 15 is 0 Å². The fourth-order valence-electron chi connectivity index (χ4n) is 6.71. The Morgan fingerprint density at radius 3 is 2.74 bits per heavy atom. The normalized spacial score (nSPS) is 34.4. The molecule has 2 saturated carbocycles. The van der Waals surface area contributed by atoms with Crippen molar-refractivity contribution < 1.29 is 14.3 Å². The fourth-order valence-corrected chi connectivity index (χ4v) is 6.71. The lowest BCUT2D eigenvalue weighted by Gasteiger charge is -2.42. The van der Waals surface area contributed by atoms with Crippen LogP contribution in [0, 0.1) is 12.8 Å². The van der Waals surface area contributed by atoms with Crippen molar-refractivity contribution in [3.63, 3.8) is 0 Å². The summed E-state index contributed by atoms with van der Waals surface area (Å²) in [7, 11) is 0. The molecule has 34 heavy (non-hydrogen) atoms. The molecule has 0 aromatic carbocycles. The summed E-state index contributed by atoms with van der Waals surface area (Å²) < 4.78 is 13.7. The van der Waals surface area contributed by atoms with E-state index in [1.54, 1.807) is 0 Å². The number of aryl methyl sites for hydroxylation is 1. The Hall–Kier alpha value is -2.03. The number of rotatable bonds is 3. The number of likely N-dealkylation sites (tertiary alicyclic amines) is 1. The number of carbonyl (C=O) groups is 1. The molecule has 4 fully saturated rings. The first-order valence-electron chi connectivity index (χ1n) is 13.2. The molecule has 8 nitrogen and oxygen atoms in total. The van der Waals surface area contributed by atoms with E-state index in [2.05, 4.69) is 24.1 Å². The van der Waals surface area contributed by atoms with Gasteiger partial charge in [0.1, 0.15) is 0 Å². The van der Waals surface area contributed by atoms with E-state index in [0.29, 0.717) is 19.1 Å². The van der Waals surface area contributed by atoms with Gasteiger partial charge in [-0.15, -0.1) is 0 Å². The molecule has 2 aliphatic carbocycles. The van der Waals surface area contributed by atoms with Crippen LogP contribution in [-0.4, -0.2) is 63.4 Å². The molecule has 0 spiro atoms. The molecule has 0 radical (unpaired) electrons. The van der Waals surface area contributed by atoms with Crippen molar-refractivity contribution in [1.29, 1.82) is 0 Å². The van der Waals surface area contributed by atoms with Crippen molar-refractivity contribution in [2.24, 2.45) is 11.7 Å². The Morgan fingerprint density at radius 2 is 1.91 bits per heavy atom. The van der Waals surface area contributed by atoms with Crippen LogP contribution >= 0.6 is 0 Å². The molecule has 2 N–H and O–H groups in total. The summed E-state index contributed by atoms with van der Waals surface area (Å²) in [4.78, 5) is 20.8. The Kier molecular flexibility index (Phi) is 6.07. The summed E-state index contributed by atoms with van der Waals surface area (Å²) in [5, 5.41) is 4.91. The summed E-state index contributed by atoms with van der Waals surface area (Å²) in [6.07, 6.45) is 11.2. The van der Waals surface area contributed by atoms with Crippen molar-refractivity contribution in [3.8, 4) is 0 Å². The van der Waals surface area contributed by atoms with E-state index in [0.717, 1.165) is 81.4 Å². The van der Waals surface area contributed by atoms with Crippen LogP contribution < -0.4 is 5.73 Å². The zero-order valence-electron chi connectivity index (χ0n) is 20.2. The zero-order chi connectivity index (χ0) is 23.2. The molecule has 4 heterocycles. The average molecular weight is 468 g/mol. The third-order valence-corrected chi connectivity index (χ3v) is 8.50. The summed E-state index contributed by atoms with van der Waals surface area (Å²) in [6, 6.07) is 2.40. The number of carbonyl (C=O) groups excluding carboxylic acids is 1. The van der Waals surface area contributed by atoms with Crippen molar-refractivity contribution in [2.45, 2.75) is 94.9 Å². The highest BCUT2D eigenvalue weighted by atomic mass is 16.6. The fraction of sp³-hybridized carbons (Fsp3) is 0.731. The van der Waals surface area contributed by atoms with E-state index < -0.39 is 0 Å². The minimum Gasteiger partial charge on any atom is -0.373 e. The monoisotopic (exact) mass is 467 g/mol. The van der Waals surface area contributed by atoms with Crippen LogP contribution in [0.4, 0.5) is 0 Å². The largest absolute Gasteiger partial charge is 0.373 e. The third-order valence-electron chi connectivity index (χ3n) is 8.50. The lowest BCUT2D eigenvalue weighted by atomic mass is 9.83. The number of fused-ring (bicyclic) bond motifs is 2. The molecule has 6 rings (SSSR count). The molecular weight excluding hydrogens is 430 g/mol. The van der Waals surface area contributed by atoms with Gasteiger partial charge in [-0.1, -0.05) is 0 Å². The summed E-state index contributed by atoms with van der Waals surface area (Å²) >= 11 is 0. The lowest BCUT2D eigenvalue weighted by molar-refractivity contribution is -0.170. The maximum Gasteiger partial charge on any atom is 0.226 e. The number of aromatic nitrogens is 3. The lowest BCUT2D eigenvalue weighted by Crippen LogP contribution is -2.48. The molecule has 2 aromatic heterocycles. The molecule has 0 bridgehead atoms. The van der Waals surface area contributed by atoms with Crippen LogP contribution in [0.2, 0.25) is 0 Å². The van der Waals surface area contributed by atoms with Crippen molar-refractivity contribution in [1.82, 2.24) is 19.5 Å². The number of hydrogen-bond acceptors (Lipinski definition) is 6. The minimum absolute atomic E-state index is 0.0131. The van der Waals surface area contributed by atoms with E-state index in [1.807, 2.05) is 4.52 Å². The number of piperidine rings is 1. The van der Waals surface area contributed by atoms with Gasteiger partial charge in [-0.2, -0.15) is 5.10 Å². The number of ether oxygens (including phenoxy) is 2. The Balaban J connectivity index is 1.24. The second kappa shape index (κ2) is 9.21. The van der Waals surface area contributed by atoms with Gasteiger partial charge in [0.25, 0.3) is 0 Å². The number of amides is 1. The molecule has 1 amide bonds. The first kappa shape index (κ1) is 22.4. The zero-order valence-corrected chi connectivity index (χ0v) is 20.2. The Bertz CT molecular complexity index is 1050. The third kappa shape index (κ3) is 4.14. The first-order chi connectivity index (χ1) is 16.6. The van der Waals surface area contributed by atoms with E-state index in [-0.39, 0.29) is 36.1 Å². The standard InChI is InChI=1S/C26H37N5O3/c1-16-15-31-24(28-25(16)17-5-7-19(27)12-17)14-20(29-31)21-4-2-3-9-30(21)26(32)18-6-8-22-23(13-18)34-11-10-33-22/h14-15,17-19,21-23H,2-13,27H2,1H3/t17?,18?,19-,21-,22?,23?/m0/s1. The smallest absolute Gasteiger partial charge is 0.226 e.